The van der Waals surface area contributed by atoms with E-state index >= 15 is 0 Å². The van der Waals surface area contributed by atoms with E-state index in [2.05, 4.69) is 0 Å². The highest BCUT2D eigenvalue weighted by Gasteiger charge is 2.40. The second kappa shape index (κ2) is 3.53. The first kappa shape index (κ1) is 12.6. The lowest BCUT2D eigenvalue weighted by Crippen LogP contribution is -2.11. The first-order chi connectivity index (χ1) is 7.03. The summed E-state index contributed by atoms with van der Waals surface area (Å²) in [7, 11) is 0. The minimum Gasteiger partial charge on any atom is -0.504 e. The van der Waals surface area contributed by atoms with Crippen LogP contribution in [0.4, 0.5) is 30.7 Å². The van der Waals surface area contributed by atoms with E-state index in [1.54, 1.807) is 0 Å². The Morgan fingerprint density at radius 1 is 0.875 bits per heavy atom. The molecule has 0 saturated heterocycles. The van der Waals surface area contributed by atoms with E-state index < -0.39 is 35.0 Å². The molecule has 16 heavy (non-hydrogen) atoms. The molecule has 0 heterocycles. The summed E-state index contributed by atoms with van der Waals surface area (Å²) in [5.41, 5.74) is -3.87. The third-order valence-corrected chi connectivity index (χ3v) is 1.70. The maximum atomic E-state index is 12.7. The van der Waals surface area contributed by atoms with Crippen molar-refractivity contribution in [2.45, 2.75) is 12.4 Å². The monoisotopic (exact) mass is 248 g/mol. The summed E-state index contributed by atoms with van der Waals surface area (Å²) in [6, 6.07) is -0.553. The number of aromatic hydroxyl groups is 1. The Hall–Kier alpha value is -1.47. The molecule has 90 valence electrons. The number of hydrogen-bond acceptors (Lipinski definition) is 1. The molecular formula is C8H3F7O. The van der Waals surface area contributed by atoms with E-state index in [0.29, 0.717) is 0 Å². The van der Waals surface area contributed by atoms with Crippen molar-refractivity contribution in [1.29, 1.82) is 0 Å². The average Bonchev–Trinajstić information content (AvgIpc) is 2.05. The van der Waals surface area contributed by atoms with Crippen molar-refractivity contribution in [1.82, 2.24) is 0 Å². The average molecular weight is 248 g/mol. The number of phenols is 1. The summed E-state index contributed by atoms with van der Waals surface area (Å²) >= 11 is 0. The second-order valence-electron chi connectivity index (χ2n) is 2.85. The highest BCUT2D eigenvalue weighted by atomic mass is 19.4. The fourth-order valence-corrected chi connectivity index (χ4v) is 0.979. The van der Waals surface area contributed by atoms with Crippen LogP contribution >= 0.6 is 0 Å². The predicted octanol–water partition coefficient (Wildman–Crippen LogP) is 3.57. The van der Waals surface area contributed by atoms with Crippen molar-refractivity contribution in [3.05, 3.63) is 29.1 Å². The highest BCUT2D eigenvalue weighted by Crippen LogP contribution is 2.41. The molecule has 1 N–H and O–H groups in total. The maximum absolute atomic E-state index is 12.7. The molecule has 8 heteroatoms. The lowest BCUT2D eigenvalue weighted by atomic mass is 10.1. The summed E-state index contributed by atoms with van der Waals surface area (Å²) in [4.78, 5) is 0. The molecule has 0 radical (unpaired) electrons. The summed E-state index contributed by atoms with van der Waals surface area (Å²) in [5, 5.41) is 8.66. The Bertz CT molecular complexity index is 404. The van der Waals surface area contributed by atoms with Gasteiger partial charge < -0.3 is 5.11 Å². The molecule has 1 nitrogen and oxygen atoms in total. The van der Waals surface area contributed by atoms with Crippen molar-refractivity contribution < 1.29 is 35.8 Å². The van der Waals surface area contributed by atoms with Gasteiger partial charge in [0.15, 0.2) is 11.6 Å². The van der Waals surface area contributed by atoms with Gasteiger partial charge in [-0.05, 0) is 12.1 Å². The third kappa shape index (κ3) is 2.37. The van der Waals surface area contributed by atoms with E-state index in [0.717, 1.165) is 0 Å². The van der Waals surface area contributed by atoms with E-state index in [-0.39, 0.29) is 12.1 Å². The van der Waals surface area contributed by atoms with Gasteiger partial charge >= 0.3 is 12.4 Å². The maximum Gasteiger partial charge on any atom is 0.420 e. The number of alkyl halides is 6. The zero-order valence-electron chi connectivity index (χ0n) is 7.25. The zero-order valence-corrected chi connectivity index (χ0v) is 7.25. The first-order valence-corrected chi connectivity index (χ1v) is 3.70. The van der Waals surface area contributed by atoms with Gasteiger partial charge in [0.1, 0.15) is 5.56 Å². The summed E-state index contributed by atoms with van der Waals surface area (Å²) < 4.78 is 85.1. The standard InChI is InChI=1S/C8H3F7O/c9-5-2-3(7(10,11)12)1-4(6(5)16)8(13,14)15/h1-2,16H. The quantitative estimate of drug-likeness (QED) is 0.696. The number of halogens is 7. The van der Waals surface area contributed by atoms with Crippen LogP contribution in [0.25, 0.3) is 0 Å². The fourth-order valence-electron chi connectivity index (χ4n) is 0.979. The molecule has 0 spiro atoms. The zero-order chi connectivity index (χ0) is 12.7. The minimum absolute atomic E-state index is 0.204. The van der Waals surface area contributed by atoms with Crippen LogP contribution in [0.2, 0.25) is 0 Å². The van der Waals surface area contributed by atoms with E-state index in [4.69, 9.17) is 5.11 Å². The smallest absolute Gasteiger partial charge is 0.420 e. The largest absolute Gasteiger partial charge is 0.504 e. The topological polar surface area (TPSA) is 20.2 Å². The van der Waals surface area contributed by atoms with Gasteiger partial charge in [0.25, 0.3) is 0 Å². The van der Waals surface area contributed by atoms with Gasteiger partial charge in [0.2, 0.25) is 0 Å². The summed E-state index contributed by atoms with van der Waals surface area (Å²) in [5.74, 6) is -3.82. The van der Waals surface area contributed by atoms with Crippen molar-refractivity contribution in [3.8, 4) is 5.75 Å². The molecule has 0 fully saturated rings. The Balaban J connectivity index is 3.46. The molecular weight excluding hydrogens is 245 g/mol. The normalized spacial score (nSPS) is 12.9. The lowest BCUT2D eigenvalue weighted by Gasteiger charge is -2.13. The van der Waals surface area contributed by atoms with Crippen LogP contribution in [-0.4, -0.2) is 5.11 Å². The fraction of sp³-hybridized carbons (Fsp3) is 0.250. The second-order valence-corrected chi connectivity index (χ2v) is 2.85. The Morgan fingerprint density at radius 3 is 1.75 bits per heavy atom. The van der Waals surface area contributed by atoms with Crippen LogP contribution in [0, 0.1) is 5.82 Å². The van der Waals surface area contributed by atoms with Crippen LogP contribution in [0.3, 0.4) is 0 Å². The summed E-state index contributed by atoms with van der Waals surface area (Å²) in [6.45, 7) is 0. The third-order valence-electron chi connectivity index (χ3n) is 1.70. The molecule has 0 aliphatic carbocycles. The van der Waals surface area contributed by atoms with Gasteiger partial charge in [-0.15, -0.1) is 0 Å². The molecule has 1 rings (SSSR count). The first-order valence-electron chi connectivity index (χ1n) is 3.70. The van der Waals surface area contributed by atoms with Gasteiger partial charge in [-0.3, -0.25) is 0 Å². The summed E-state index contributed by atoms with van der Waals surface area (Å²) in [6.07, 6.45) is -10.4. The van der Waals surface area contributed by atoms with E-state index in [9.17, 15) is 30.7 Å². The van der Waals surface area contributed by atoms with Crippen molar-refractivity contribution in [2.75, 3.05) is 0 Å². The van der Waals surface area contributed by atoms with Crippen LogP contribution in [0.1, 0.15) is 11.1 Å². The van der Waals surface area contributed by atoms with Gasteiger partial charge in [0, 0.05) is 0 Å². The Labute approximate surface area is 84.1 Å². The number of benzene rings is 1. The molecule has 0 aliphatic heterocycles. The lowest BCUT2D eigenvalue weighted by molar-refractivity contribution is -0.144. The molecule has 0 amide bonds. The van der Waals surface area contributed by atoms with Gasteiger partial charge in [-0.25, -0.2) is 4.39 Å². The van der Waals surface area contributed by atoms with E-state index in [1.807, 2.05) is 0 Å². The van der Waals surface area contributed by atoms with Crippen LogP contribution in [0.5, 0.6) is 5.75 Å². The van der Waals surface area contributed by atoms with Crippen molar-refractivity contribution in [3.63, 3.8) is 0 Å². The van der Waals surface area contributed by atoms with Crippen LogP contribution in [0.15, 0.2) is 12.1 Å². The Kier molecular flexibility index (Phi) is 2.78. The molecule has 0 bridgehead atoms. The van der Waals surface area contributed by atoms with Gasteiger partial charge in [0.05, 0.1) is 5.56 Å². The number of phenolic OH excluding ortho intramolecular Hbond substituents is 1. The highest BCUT2D eigenvalue weighted by molar-refractivity contribution is 5.40. The number of hydrogen-bond donors (Lipinski definition) is 1. The van der Waals surface area contributed by atoms with Gasteiger partial charge in [-0.1, -0.05) is 0 Å². The van der Waals surface area contributed by atoms with Crippen molar-refractivity contribution >= 4 is 0 Å². The van der Waals surface area contributed by atoms with Crippen LogP contribution < -0.4 is 0 Å². The molecule has 0 aliphatic rings. The Morgan fingerprint density at radius 2 is 1.38 bits per heavy atom. The number of rotatable bonds is 0. The van der Waals surface area contributed by atoms with Crippen molar-refractivity contribution in [2.24, 2.45) is 0 Å². The molecule has 0 unspecified atom stereocenters. The van der Waals surface area contributed by atoms with Crippen LogP contribution in [-0.2, 0) is 12.4 Å². The molecule has 0 saturated carbocycles. The molecule has 1 aromatic carbocycles. The molecule has 0 aromatic heterocycles. The minimum atomic E-state index is -5.26. The molecule has 0 atom stereocenters. The van der Waals surface area contributed by atoms with E-state index in [1.165, 1.54) is 0 Å². The van der Waals surface area contributed by atoms with Gasteiger partial charge in [-0.2, -0.15) is 26.3 Å². The molecule has 1 aromatic rings. The predicted molar refractivity (Wildman–Crippen MR) is 38.1 cm³/mol. The SMILES string of the molecule is Oc1c(F)cc(C(F)(F)F)cc1C(F)(F)F.